The Labute approximate surface area is 120 Å². The van der Waals surface area contributed by atoms with Crippen molar-refractivity contribution < 1.29 is 15.1 Å². The predicted molar refractivity (Wildman–Crippen MR) is 78.7 cm³/mol. The summed E-state index contributed by atoms with van der Waals surface area (Å²) in [6.07, 6.45) is 0. The summed E-state index contributed by atoms with van der Waals surface area (Å²) in [6.45, 7) is 1.66. The predicted octanol–water partition coefficient (Wildman–Crippen LogP) is 2.84. The highest BCUT2D eigenvalue weighted by Crippen LogP contribution is 2.23. The summed E-state index contributed by atoms with van der Waals surface area (Å²) in [7, 11) is 0. The van der Waals surface area contributed by atoms with Gasteiger partial charge < -0.3 is 10.2 Å². The number of phenols is 2. The van der Waals surface area contributed by atoms with E-state index in [-0.39, 0.29) is 17.2 Å². The minimum absolute atomic E-state index is 0.000417. The molecule has 0 heterocycles. The number of nitrogens with zero attached hydrogens (tertiary/aromatic N) is 2. The van der Waals surface area contributed by atoms with Crippen LogP contribution in [0.2, 0.25) is 0 Å². The lowest BCUT2D eigenvalue weighted by atomic mass is 10.1. The third-order valence-electron chi connectivity index (χ3n) is 2.80. The summed E-state index contributed by atoms with van der Waals surface area (Å²) in [6, 6.07) is 9.91. The first kappa shape index (κ1) is 14.3. The lowest BCUT2D eigenvalue weighted by molar-refractivity contribution is -0.384. The molecular formula is C14H13N3O4. The van der Waals surface area contributed by atoms with Gasteiger partial charge in [-0.25, -0.2) is 0 Å². The Bertz CT molecular complexity index is 696. The maximum atomic E-state index is 10.5. The molecule has 0 saturated carbocycles. The summed E-state index contributed by atoms with van der Waals surface area (Å²) in [5.74, 6) is 0.0206. The first-order chi connectivity index (χ1) is 9.97. The molecule has 0 fully saturated rings. The molecule has 7 nitrogen and oxygen atoms in total. The van der Waals surface area contributed by atoms with Crippen LogP contribution in [0, 0.1) is 10.1 Å². The monoisotopic (exact) mass is 287 g/mol. The summed E-state index contributed by atoms with van der Waals surface area (Å²) in [4.78, 5) is 10.1. The normalized spacial score (nSPS) is 11.2. The fourth-order valence-corrected chi connectivity index (χ4v) is 1.68. The van der Waals surface area contributed by atoms with E-state index in [0.29, 0.717) is 17.0 Å². The van der Waals surface area contributed by atoms with Crippen molar-refractivity contribution in [2.24, 2.45) is 5.10 Å². The minimum Gasteiger partial charge on any atom is -0.508 e. The van der Waals surface area contributed by atoms with Gasteiger partial charge in [-0.3, -0.25) is 15.5 Å². The van der Waals surface area contributed by atoms with Gasteiger partial charge in [-0.05, 0) is 37.3 Å². The van der Waals surface area contributed by atoms with Crippen LogP contribution in [0.3, 0.4) is 0 Å². The Hall–Kier alpha value is -3.09. The van der Waals surface area contributed by atoms with Gasteiger partial charge in [-0.15, -0.1) is 0 Å². The van der Waals surface area contributed by atoms with E-state index in [1.54, 1.807) is 6.92 Å². The minimum atomic E-state index is -0.483. The summed E-state index contributed by atoms with van der Waals surface area (Å²) < 4.78 is 0. The molecule has 0 spiro atoms. The van der Waals surface area contributed by atoms with Crippen molar-refractivity contribution in [1.82, 2.24) is 0 Å². The van der Waals surface area contributed by atoms with Gasteiger partial charge in [-0.1, -0.05) is 0 Å². The Kier molecular flexibility index (Phi) is 4.03. The number of non-ortho nitro benzene ring substituents is 1. The highest BCUT2D eigenvalue weighted by atomic mass is 16.6. The average molecular weight is 287 g/mol. The van der Waals surface area contributed by atoms with E-state index in [1.165, 1.54) is 42.5 Å². The fraction of sp³-hybridized carbons (Fsp3) is 0.0714. The Morgan fingerprint density at radius 3 is 2.48 bits per heavy atom. The van der Waals surface area contributed by atoms with Crippen LogP contribution in [0.5, 0.6) is 11.5 Å². The zero-order chi connectivity index (χ0) is 15.4. The van der Waals surface area contributed by atoms with E-state index in [0.717, 1.165) is 0 Å². The van der Waals surface area contributed by atoms with E-state index in [1.807, 2.05) is 0 Å². The number of hydrogen-bond donors (Lipinski definition) is 3. The third kappa shape index (κ3) is 3.47. The zero-order valence-electron chi connectivity index (χ0n) is 11.1. The number of rotatable bonds is 4. The summed E-state index contributed by atoms with van der Waals surface area (Å²) in [5, 5.41) is 33.7. The van der Waals surface area contributed by atoms with Crippen LogP contribution in [-0.2, 0) is 0 Å². The topological polar surface area (TPSA) is 108 Å². The molecule has 21 heavy (non-hydrogen) atoms. The molecule has 0 bridgehead atoms. The lowest BCUT2D eigenvalue weighted by Crippen LogP contribution is -2.00. The van der Waals surface area contributed by atoms with Gasteiger partial charge in [0, 0.05) is 17.7 Å². The highest BCUT2D eigenvalue weighted by Gasteiger charge is 2.06. The number of benzene rings is 2. The van der Waals surface area contributed by atoms with Gasteiger partial charge in [-0.2, -0.15) is 5.10 Å². The summed E-state index contributed by atoms with van der Waals surface area (Å²) >= 11 is 0. The van der Waals surface area contributed by atoms with Crippen LogP contribution in [0.4, 0.5) is 11.4 Å². The number of anilines is 1. The van der Waals surface area contributed by atoms with Crippen molar-refractivity contribution >= 4 is 17.1 Å². The largest absolute Gasteiger partial charge is 0.508 e. The second kappa shape index (κ2) is 5.91. The zero-order valence-corrected chi connectivity index (χ0v) is 11.1. The molecule has 0 aromatic heterocycles. The summed E-state index contributed by atoms with van der Waals surface area (Å²) in [5.41, 5.74) is 4.14. The molecule has 0 radical (unpaired) electrons. The quantitative estimate of drug-likeness (QED) is 0.347. The van der Waals surface area contributed by atoms with Gasteiger partial charge >= 0.3 is 0 Å². The van der Waals surface area contributed by atoms with Gasteiger partial charge in [0.1, 0.15) is 11.5 Å². The number of nitrogens with one attached hydrogen (secondary N) is 1. The van der Waals surface area contributed by atoms with Crippen molar-refractivity contribution in [3.05, 3.63) is 58.1 Å². The van der Waals surface area contributed by atoms with Crippen molar-refractivity contribution in [2.45, 2.75) is 6.92 Å². The molecule has 3 N–H and O–H groups in total. The van der Waals surface area contributed by atoms with E-state index >= 15 is 0 Å². The fourth-order valence-electron chi connectivity index (χ4n) is 1.68. The van der Waals surface area contributed by atoms with Crippen molar-refractivity contribution in [3.63, 3.8) is 0 Å². The number of hydrazone groups is 1. The molecular weight excluding hydrogens is 274 g/mol. The molecule has 0 unspecified atom stereocenters. The Balaban J connectivity index is 2.16. The molecule has 108 valence electrons. The molecule has 0 aliphatic rings. The maximum absolute atomic E-state index is 10.5. The first-order valence-corrected chi connectivity index (χ1v) is 6.04. The highest BCUT2D eigenvalue weighted by molar-refractivity contribution is 6.01. The molecule has 2 rings (SSSR count). The van der Waals surface area contributed by atoms with Gasteiger partial charge in [0.2, 0.25) is 0 Å². The van der Waals surface area contributed by atoms with E-state index in [9.17, 15) is 20.3 Å². The second-order valence-electron chi connectivity index (χ2n) is 4.31. The number of phenolic OH excluding ortho intramolecular Hbond substituents is 2. The molecule has 0 aliphatic heterocycles. The van der Waals surface area contributed by atoms with Crippen LogP contribution in [-0.4, -0.2) is 20.8 Å². The lowest BCUT2D eigenvalue weighted by Gasteiger charge is -2.06. The maximum Gasteiger partial charge on any atom is 0.269 e. The molecule has 7 heteroatoms. The Morgan fingerprint density at radius 2 is 1.86 bits per heavy atom. The van der Waals surface area contributed by atoms with Crippen molar-refractivity contribution in [1.29, 1.82) is 0 Å². The van der Waals surface area contributed by atoms with Crippen LogP contribution >= 0.6 is 0 Å². The smallest absolute Gasteiger partial charge is 0.269 e. The number of aromatic hydroxyl groups is 2. The van der Waals surface area contributed by atoms with E-state index < -0.39 is 4.92 Å². The second-order valence-corrected chi connectivity index (χ2v) is 4.31. The van der Waals surface area contributed by atoms with E-state index in [2.05, 4.69) is 10.5 Å². The molecule has 2 aromatic rings. The Morgan fingerprint density at radius 1 is 1.19 bits per heavy atom. The first-order valence-electron chi connectivity index (χ1n) is 6.04. The van der Waals surface area contributed by atoms with Crippen molar-refractivity contribution in [3.8, 4) is 11.5 Å². The number of nitro groups is 1. The van der Waals surface area contributed by atoms with Gasteiger partial charge in [0.25, 0.3) is 5.69 Å². The van der Waals surface area contributed by atoms with Crippen LogP contribution in [0.25, 0.3) is 0 Å². The third-order valence-corrected chi connectivity index (χ3v) is 2.80. The molecule has 0 saturated heterocycles. The van der Waals surface area contributed by atoms with Crippen LogP contribution < -0.4 is 5.43 Å². The van der Waals surface area contributed by atoms with E-state index in [4.69, 9.17) is 0 Å². The van der Waals surface area contributed by atoms with Gasteiger partial charge in [0.15, 0.2) is 0 Å². The molecule has 0 amide bonds. The number of hydrogen-bond acceptors (Lipinski definition) is 6. The van der Waals surface area contributed by atoms with Crippen LogP contribution in [0.1, 0.15) is 12.5 Å². The average Bonchev–Trinajstić information content (AvgIpc) is 2.47. The number of nitro benzene ring substituents is 1. The van der Waals surface area contributed by atoms with Crippen molar-refractivity contribution in [2.75, 3.05) is 5.43 Å². The standard InChI is InChI=1S/C14H13N3O4/c1-9(13-8-12(18)6-7-14(13)19)15-16-10-2-4-11(5-3-10)17(20)21/h2-8,16,18-19H,1H3/b15-9-. The van der Waals surface area contributed by atoms with Gasteiger partial charge in [0.05, 0.1) is 16.3 Å². The molecule has 2 aromatic carbocycles. The SMILES string of the molecule is C/C(=N/Nc1ccc([N+](=O)[O-])cc1)c1cc(O)ccc1O. The van der Waals surface area contributed by atoms with Crippen LogP contribution in [0.15, 0.2) is 47.6 Å². The molecule has 0 atom stereocenters. The molecule has 0 aliphatic carbocycles.